The van der Waals surface area contributed by atoms with Crippen molar-refractivity contribution in [1.82, 2.24) is 19.3 Å². The smallest absolute Gasteiger partial charge is 0.244 e. The third-order valence-electron chi connectivity index (χ3n) is 6.04. The van der Waals surface area contributed by atoms with Gasteiger partial charge in [0.2, 0.25) is 15.9 Å². The molecule has 0 bridgehead atoms. The van der Waals surface area contributed by atoms with E-state index >= 15 is 0 Å². The number of hydrogen-bond acceptors (Lipinski definition) is 7. The lowest BCUT2D eigenvalue weighted by molar-refractivity contribution is -0.121. The zero-order valence-electron chi connectivity index (χ0n) is 19.8. The van der Waals surface area contributed by atoms with Gasteiger partial charge in [0.15, 0.2) is 0 Å². The molecule has 9 nitrogen and oxygen atoms in total. The molecule has 1 aromatic carbocycles. The van der Waals surface area contributed by atoms with Crippen molar-refractivity contribution in [2.75, 3.05) is 32.2 Å². The molecule has 0 N–H and O–H groups in total. The Balaban J connectivity index is 1.79. The van der Waals surface area contributed by atoms with E-state index in [1.807, 2.05) is 39.0 Å². The highest BCUT2D eigenvalue weighted by atomic mass is 32.2. The number of ether oxygens (including phenoxy) is 1. The van der Waals surface area contributed by atoms with Crippen LogP contribution in [0.2, 0.25) is 0 Å². The van der Waals surface area contributed by atoms with Gasteiger partial charge in [0.05, 0.1) is 29.6 Å². The van der Waals surface area contributed by atoms with Crippen LogP contribution < -0.4 is 4.90 Å². The lowest BCUT2D eigenvalue weighted by Crippen LogP contribution is -2.33. The Hall–Kier alpha value is -3.21. The third kappa shape index (κ3) is 4.08. The van der Waals surface area contributed by atoms with Crippen LogP contribution in [0, 0.1) is 6.92 Å². The number of fused-ring (bicyclic) bond motifs is 1. The molecule has 1 aliphatic heterocycles. The minimum Gasteiger partial charge on any atom is -0.383 e. The van der Waals surface area contributed by atoms with Gasteiger partial charge < -0.3 is 4.74 Å². The highest BCUT2D eigenvalue weighted by Crippen LogP contribution is 2.46. The zero-order chi connectivity index (χ0) is 24.7. The number of nitrogens with zero attached hydrogens (tertiary/aromatic N) is 5. The largest absolute Gasteiger partial charge is 0.383 e. The van der Waals surface area contributed by atoms with Gasteiger partial charge in [-0.05, 0) is 44.0 Å². The van der Waals surface area contributed by atoms with Gasteiger partial charge in [0, 0.05) is 44.9 Å². The predicted molar refractivity (Wildman–Crippen MR) is 128 cm³/mol. The number of rotatable bonds is 7. The summed E-state index contributed by atoms with van der Waals surface area (Å²) in [5.41, 5.74) is 2.79. The van der Waals surface area contributed by atoms with E-state index in [9.17, 15) is 13.2 Å². The maximum atomic E-state index is 13.5. The van der Waals surface area contributed by atoms with Crippen LogP contribution in [-0.4, -0.2) is 60.9 Å². The van der Waals surface area contributed by atoms with Crippen LogP contribution in [0.5, 0.6) is 0 Å². The number of benzene rings is 1. The molecule has 0 aliphatic carbocycles. The first-order valence-corrected chi connectivity index (χ1v) is 12.2. The number of anilines is 2. The van der Waals surface area contributed by atoms with Crippen LogP contribution in [0.3, 0.4) is 0 Å². The number of carbonyl (C=O) groups excluding carboxylic acids is 1. The summed E-state index contributed by atoms with van der Waals surface area (Å²) in [6.45, 7) is 5.99. The van der Waals surface area contributed by atoms with Crippen molar-refractivity contribution in [1.29, 1.82) is 0 Å². The first-order chi connectivity index (χ1) is 16.1. The lowest BCUT2D eigenvalue weighted by atomic mass is 9.85. The summed E-state index contributed by atoms with van der Waals surface area (Å²) >= 11 is 0. The maximum absolute atomic E-state index is 13.5. The molecule has 0 fully saturated rings. The summed E-state index contributed by atoms with van der Waals surface area (Å²) in [4.78, 5) is 27.7. The van der Waals surface area contributed by atoms with E-state index in [1.54, 1.807) is 12.4 Å². The van der Waals surface area contributed by atoms with Crippen molar-refractivity contribution in [3.63, 3.8) is 0 Å². The van der Waals surface area contributed by atoms with E-state index in [0.717, 1.165) is 16.7 Å². The maximum Gasteiger partial charge on any atom is 0.244 e. The number of likely N-dealkylation sites (N-methyl/N-ethyl adjacent to an activating group) is 1. The molecular weight excluding hydrogens is 454 g/mol. The Kier molecular flexibility index (Phi) is 6.24. The first-order valence-electron chi connectivity index (χ1n) is 10.8. The highest BCUT2D eigenvalue weighted by molar-refractivity contribution is 7.89. The number of sulfonamides is 1. The highest BCUT2D eigenvalue weighted by Gasteiger charge is 2.45. The van der Waals surface area contributed by atoms with Crippen molar-refractivity contribution in [2.24, 2.45) is 0 Å². The molecular formula is C24H27N5O4S. The minimum absolute atomic E-state index is 0.00532. The van der Waals surface area contributed by atoms with Gasteiger partial charge >= 0.3 is 0 Å². The number of pyridine rings is 1. The molecule has 1 aliphatic rings. The van der Waals surface area contributed by atoms with Crippen LogP contribution in [0.1, 0.15) is 25.2 Å². The van der Waals surface area contributed by atoms with Crippen LogP contribution in [0.25, 0.3) is 11.1 Å². The van der Waals surface area contributed by atoms with Gasteiger partial charge in [0.25, 0.3) is 0 Å². The molecule has 178 valence electrons. The fourth-order valence-corrected chi connectivity index (χ4v) is 5.06. The molecule has 0 unspecified atom stereocenters. The van der Waals surface area contributed by atoms with Gasteiger partial charge in [-0.15, -0.1) is 0 Å². The average Bonchev–Trinajstić information content (AvgIpc) is 3.02. The topological polar surface area (TPSA) is 106 Å². The molecule has 0 atom stereocenters. The van der Waals surface area contributed by atoms with Crippen molar-refractivity contribution in [3.05, 3.63) is 60.4 Å². The van der Waals surface area contributed by atoms with Crippen LogP contribution in [-0.2, 0) is 25.0 Å². The number of carbonyl (C=O) groups is 1. The fraction of sp³-hybridized carbons (Fsp3) is 0.333. The van der Waals surface area contributed by atoms with Crippen molar-refractivity contribution >= 4 is 27.3 Å². The Labute approximate surface area is 199 Å². The standard InChI is InChI=1S/C24H27N5O4S/c1-16-26-12-18(13-27-16)17-6-7-21-22(10-17)29(23(30)24(21,2)3)19-11-20(15-25-14-19)34(31,32)28(4)8-9-33-5/h6-7,10-15H,8-9H2,1-5H3. The van der Waals surface area contributed by atoms with Gasteiger partial charge in [-0.25, -0.2) is 18.4 Å². The van der Waals surface area contributed by atoms with E-state index in [4.69, 9.17) is 4.74 Å². The van der Waals surface area contributed by atoms with Crippen LogP contribution >= 0.6 is 0 Å². The third-order valence-corrected chi connectivity index (χ3v) is 7.86. The second-order valence-corrected chi connectivity index (χ2v) is 10.8. The molecule has 4 rings (SSSR count). The molecule has 34 heavy (non-hydrogen) atoms. The molecule has 3 aromatic rings. The number of aryl methyl sites for hydroxylation is 1. The lowest BCUT2D eigenvalue weighted by Gasteiger charge is -2.22. The SMILES string of the molecule is COCCN(C)S(=O)(=O)c1cncc(N2C(=O)C(C)(C)c3ccc(-c4cnc(C)nc4)cc32)c1. The van der Waals surface area contributed by atoms with Gasteiger partial charge in [-0.1, -0.05) is 12.1 Å². The second-order valence-electron chi connectivity index (χ2n) is 8.71. The minimum atomic E-state index is -3.81. The molecule has 2 aromatic heterocycles. The molecule has 0 saturated carbocycles. The van der Waals surface area contributed by atoms with Crippen molar-refractivity contribution in [2.45, 2.75) is 31.1 Å². The van der Waals surface area contributed by atoms with Crippen LogP contribution in [0.4, 0.5) is 11.4 Å². The number of hydrogen-bond donors (Lipinski definition) is 0. The monoisotopic (exact) mass is 481 g/mol. The van der Waals surface area contributed by atoms with Crippen LogP contribution in [0.15, 0.2) is 53.9 Å². The number of amides is 1. The van der Waals surface area contributed by atoms with E-state index in [-0.39, 0.29) is 24.0 Å². The van der Waals surface area contributed by atoms with Crippen molar-refractivity contribution < 1.29 is 17.9 Å². The van der Waals surface area contributed by atoms with Gasteiger partial charge in [0.1, 0.15) is 10.7 Å². The number of aromatic nitrogens is 3. The molecule has 3 heterocycles. The predicted octanol–water partition coefficient (Wildman–Crippen LogP) is 3.07. The summed E-state index contributed by atoms with van der Waals surface area (Å²) in [6.07, 6.45) is 6.26. The van der Waals surface area contributed by atoms with E-state index in [0.29, 0.717) is 17.2 Å². The Morgan fingerprint density at radius 1 is 1.06 bits per heavy atom. The Morgan fingerprint density at radius 2 is 1.76 bits per heavy atom. The Bertz CT molecular complexity index is 1340. The summed E-state index contributed by atoms with van der Waals surface area (Å²) in [5.74, 6) is 0.506. The molecule has 0 saturated heterocycles. The van der Waals surface area contributed by atoms with Gasteiger partial charge in [-0.3, -0.25) is 14.7 Å². The number of methoxy groups -OCH3 is 1. The second kappa shape index (κ2) is 8.86. The van der Waals surface area contributed by atoms with E-state index in [2.05, 4.69) is 15.0 Å². The molecule has 10 heteroatoms. The van der Waals surface area contributed by atoms with Crippen molar-refractivity contribution in [3.8, 4) is 11.1 Å². The molecule has 0 radical (unpaired) electrons. The summed E-state index contributed by atoms with van der Waals surface area (Å²) < 4.78 is 32.3. The first kappa shape index (κ1) is 23.9. The molecule has 0 spiro atoms. The quantitative estimate of drug-likeness (QED) is 0.511. The fourth-order valence-electron chi connectivity index (χ4n) is 3.92. The Morgan fingerprint density at radius 3 is 2.44 bits per heavy atom. The molecule has 1 amide bonds. The zero-order valence-corrected chi connectivity index (χ0v) is 20.6. The van der Waals surface area contributed by atoms with Gasteiger partial charge in [-0.2, -0.15) is 4.31 Å². The van der Waals surface area contributed by atoms with E-state index in [1.165, 1.54) is 41.8 Å². The average molecular weight is 482 g/mol. The van der Waals surface area contributed by atoms with E-state index < -0.39 is 15.4 Å². The summed E-state index contributed by atoms with van der Waals surface area (Å²) in [7, 11) is -0.812. The summed E-state index contributed by atoms with van der Waals surface area (Å²) in [6, 6.07) is 7.25. The summed E-state index contributed by atoms with van der Waals surface area (Å²) in [5, 5.41) is 0. The normalized spacial score (nSPS) is 15.1.